The molecule has 1 aliphatic rings. The molecule has 0 aliphatic carbocycles. The van der Waals surface area contributed by atoms with Crippen molar-refractivity contribution in [2.45, 2.75) is 57.8 Å². The van der Waals surface area contributed by atoms with E-state index in [1.54, 1.807) is 6.07 Å². The standard InChI is InChI=1S/C21H25NO5/c1-21(2,3)14-6-4-13(5-7-14)19(16-9-11-18(23)22-16)26-12-15-8-10-17(27-15)20(24)25/h4-8,10,16,19H,9,11-12H2,1-3H3,(H,22,23)(H,24,25). The van der Waals surface area contributed by atoms with Crippen LogP contribution in [-0.4, -0.2) is 23.0 Å². The van der Waals surface area contributed by atoms with Crippen LogP contribution in [0.5, 0.6) is 0 Å². The summed E-state index contributed by atoms with van der Waals surface area (Å²) in [6.07, 6.45) is 0.848. The third-order valence-corrected chi connectivity index (χ3v) is 4.78. The molecule has 27 heavy (non-hydrogen) atoms. The zero-order chi connectivity index (χ0) is 19.6. The monoisotopic (exact) mass is 371 g/mol. The van der Waals surface area contributed by atoms with Gasteiger partial charge in [0.25, 0.3) is 0 Å². The number of hydrogen-bond donors (Lipinski definition) is 2. The number of carbonyl (C=O) groups is 2. The van der Waals surface area contributed by atoms with Crippen LogP contribution in [0.4, 0.5) is 0 Å². The van der Waals surface area contributed by atoms with E-state index in [1.165, 1.54) is 11.6 Å². The number of nitrogens with one attached hydrogen (secondary N) is 1. The predicted octanol–water partition coefficient (Wildman–Crippen LogP) is 3.81. The first-order valence-corrected chi connectivity index (χ1v) is 9.07. The number of hydrogen-bond acceptors (Lipinski definition) is 4. The Morgan fingerprint density at radius 3 is 2.48 bits per heavy atom. The molecule has 3 rings (SSSR count). The highest BCUT2D eigenvalue weighted by atomic mass is 16.5. The number of ether oxygens (including phenoxy) is 1. The van der Waals surface area contributed by atoms with Crippen molar-refractivity contribution < 1.29 is 23.8 Å². The maximum absolute atomic E-state index is 11.7. The van der Waals surface area contributed by atoms with Crippen molar-refractivity contribution in [3.05, 3.63) is 59.0 Å². The Bertz CT molecular complexity index is 816. The van der Waals surface area contributed by atoms with Crippen molar-refractivity contribution >= 4 is 11.9 Å². The van der Waals surface area contributed by atoms with Gasteiger partial charge in [-0.25, -0.2) is 4.79 Å². The summed E-state index contributed by atoms with van der Waals surface area (Å²) < 4.78 is 11.3. The van der Waals surface area contributed by atoms with Gasteiger partial charge in [-0.15, -0.1) is 0 Å². The molecule has 2 N–H and O–H groups in total. The van der Waals surface area contributed by atoms with Crippen molar-refractivity contribution in [2.24, 2.45) is 0 Å². The van der Waals surface area contributed by atoms with E-state index in [0.29, 0.717) is 18.6 Å². The topological polar surface area (TPSA) is 88.8 Å². The fourth-order valence-electron chi connectivity index (χ4n) is 3.22. The highest BCUT2D eigenvalue weighted by molar-refractivity contribution is 5.84. The van der Waals surface area contributed by atoms with Crippen LogP contribution in [0.3, 0.4) is 0 Å². The third-order valence-electron chi connectivity index (χ3n) is 4.78. The average molecular weight is 371 g/mol. The van der Waals surface area contributed by atoms with E-state index in [4.69, 9.17) is 14.3 Å². The summed E-state index contributed by atoms with van der Waals surface area (Å²) in [5.74, 6) is -0.772. The summed E-state index contributed by atoms with van der Waals surface area (Å²) >= 11 is 0. The van der Waals surface area contributed by atoms with Crippen molar-refractivity contribution in [2.75, 3.05) is 0 Å². The molecule has 6 nitrogen and oxygen atoms in total. The maximum Gasteiger partial charge on any atom is 0.371 e. The molecular weight excluding hydrogens is 346 g/mol. The average Bonchev–Trinajstić information content (AvgIpc) is 3.24. The van der Waals surface area contributed by atoms with Crippen molar-refractivity contribution in [1.29, 1.82) is 0 Å². The van der Waals surface area contributed by atoms with E-state index in [1.807, 2.05) is 12.1 Å². The van der Waals surface area contributed by atoms with Gasteiger partial charge < -0.3 is 19.6 Å². The Hall–Kier alpha value is -2.60. The summed E-state index contributed by atoms with van der Waals surface area (Å²) in [5, 5.41) is 11.9. The molecule has 0 bridgehead atoms. The smallest absolute Gasteiger partial charge is 0.371 e. The van der Waals surface area contributed by atoms with Gasteiger partial charge in [-0.3, -0.25) is 4.79 Å². The molecule has 0 spiro atoms. The van der Waals surface area contributed by atoms with Crippen LogP contribution in [0.15, 0.2) is 40.8 Å². The zero-order valence-corrected chi connectivity index (χ0v) is 15.8. The lowest BCUT2D eigenvalue weighted by atomic mass is 9.86. The number of furan rings is 1. The number of carboxylic acid groups (broad SMARTS) is 1. The predicted molar refractivity (Wildman–Crippen MR) is 99.5 cm³/mol. The Kier molecular flexibility index (Phi) is 5.37. The van der Waals surface area contributed by atoms with Gasteiger partial charge in [0.2, 0.25) is 11.7 Å². The summed E-state index contributed by atoms with van der Waals surface area (Å²) in [6, 6.07) is 11.1. The van der Waals surface area contributed by atoms with Gasteiger partial charge >= 0.3 is 5.97 Å². The van der Waals surface area contributed by atoms with Crippen LogP contribution in [0.25, 0.3) is 0 Å². The normalized spacial score (nSPS) is 18.3. The third kappa shape index (κ3) is 4.57. The Morgan fingerprint density at radius 1 is 1.26 bits per heavy atom. The van der Waals surface area contributed by atoms with Crippen molar-refractivity contribution in [3.8, 4) is 0 Å². The molecule has 1 amide bonds. The lowest BCUT2D eigenvalue weighted by Gasteiger charge is -2.25. The second kappa shape index (κ2) is 7.56. The number of carbonyl (C=O) groups excluding carboxylic acids is 1. The van der Waals surface area contributed by atoms with Crippen LogP contribution >= 0.6 is 0 Å². The molecule has 1 aliphatic heterocycles. The first kappa shape index (κ1) is 19.2. The summed E-state index contributed by atoms with van der Waals surface area (Å²) in [6.45, 7) is 6.60. The number of amides is 1. The molecule has 1 fully saturated rings. The van der Waals surface area contributed by atoms with Crippen molar-refractivity contribution in [1.82, 2.24) is 5.32 Å². The van der Waals surface area contributed by atoms with Gasteiger partial charge in [0.15, 0.2) is 0 Å². The van der Waals surface area contributed by atoms with Gasteiger partial charge in [-0.05, 0) is 35.1 Å². The lowest BCUT2D eigenvalue weighted by molar-refractivity contribution is -0.120. The van der Waals surface area contributed by atoms with Gasteiger partial charge in [-0.2, -0.15) is 0 Å². The summed E-state index contributed by atoms with van der Waals surface area (Å²) in [4.78, 5) is 22.6. The number of aromatic carboxylic acids is 1. The fourth-order valence-corrected chi connectivity index (χ4v) is 3.22. The first-order valence-electron chi connectivity index (χ1n) is 9.07. The SMILES string of the molecule is CC(C)(C)c1ccc(C(OCc2ccc(C(=O)O)o2)C2CCC(=O)N2)cc1. The number of rotatable bonds is 6. The zero-order valence-electron chi connectivity index (χ0n) is 15.8. The first-order chi connectivity index (χ1) is 12.7. The second-order valence-electron chi connectivity index (χ2n) is 7.89. The highest BCUT2D eigenvalue weighted by Gasteiger charge is 2.31. The van der Waals surface area contributed by atoms with Crippen LogP contribution < -0.4 is 5.32 Å². The molecule has 6 heteroatoms. The molecule has 1 aromatic carbocycles. The molecule has 0 radical (unpaired) electrons. The fraction of sp³-hybridized carbons (Fsp3) is 0.429. The van der Waals surface area contributed by atoms with E-state index >= 15 is 0 Å². The lowest BCUT2D eigenvalue weighted by Crippen LogP contribution is -2.33. The molecule has 2 atom stereocenters. The van der Waals surface area contributed by atoms with Gasteiger partial charge in [0.05, 0.1) is 6.04 Å². The number of carboxylic acids is 1. The van der Waals surface area contributed by atoms with E-state index in [-0.39, 0.29) is 35.8 Å². The number of benzene rings is 1. The van der Waals surface area contributed by atoms with Crippen LogP contribution in [-0.2, 0) is 21.6 Å². The second-order valence-corrected chi connectivity index (χ2v) is 7.89. The molecular formula is C21H25NO5. The van der Waals surface area contributed by atoms with Crippen molar-refractivity contribution in [3.63, 3.8) is 0 Å². The quantitative estimate of drug-likeness (QED) is 0.806. The molecule has 144 valence electrons. The highest BCUT2D eigenvalue weighted by Crippen LogP contribution is 2.30. The molecule has 0 saturated carbocycles. The minimum Gasteiger partial charge on any atom is -0.475 e. The molecule has 2 heterocycles. The summed E-state index contributed by atoms with van der Waals surface area (Å²) in [5.41, 5.74) is 2.25. The minimum atomic E-state index is -1.11. The minimum absolute atomic E-state index is 0.0195. The van der Waals surface area contributed by atoms with E-state index in [0.717, 1.165) is 5.56 Å². The van der Waals surface area contributed by atoms with Crippen LogP contribution in [0, 0.1) is 0 Å². The summed E-state index contributed by atoms with van der Waals surface area (Å²) in [7, 11) is 0. The van der Waals surface area contributed by atoms with E-state index < -0.39 is 5.97 Å². The molecule has 1 saturated heterocycles. The molecule has 2 unspecified atom stereocenters. The van der Waals surface area contributed by atoms with Crippen LogP contribution in [0.2, 0.25) is 0 Å². The molecule has 2 aromatic rings. The van der Waals surface area contributed by atoms with E-state index in [2.05, 4.69) is 38.2 Å². The van der Waals surface area contributed by atoms with Gasteiger partial charge in [-0.1, -0.05) is 45.0 Å². The van der Waals surface area contributed by atoms with Crippen LogP contribution in [0.1, 0.15) is 67.2 Å². The largest absolute Gasteiger partial charge is 0.475 e. The van der Waals surface area contributed by atoms with E-state index in [9.17, 15) is 9.59 Å². The Morgan fingerprint density at radius 2 is 1.96 bits per heavy atom. The van der Waals surface area contributed by atoms with Gasteiger partial charge in [0.1, 0.15) is 18.5 Å². The molecule has 1 aromatic heterocycles. The van der Waals surface area contributed by atoms with Gasteiger partial charge in [0, 0.05) is 6.42 Å². The Labute approximate surface area is 158 Å². The Balaban J connectivity index is 1.78. The maximum atomic E-state index is 11.7.